The van der Waals surface area contributed by atoms with Crippen LogP contribution in [0.2, 0.25) is 0 Å². The Bertz CT molecular complexity index is 911. The first-order valence-corrected chi connectivity index (χ1v) is 11.6. The van der Waals surface area contributed by atoms with Crippen molar-refractivity contribution in [2.45, 2.75) is 6.54 Å². The molecule has 8 heteroatoms. The van der Waals surface area contributed by atoms with Gasteiger partial charge in [0.05, 0.1) is 6.26 Å². The van der Waals surface area contributed by atoms with E-state index in [9.17, 15) is 13.2 Å². The van der Waals surface area contributed by atoms with Crippen molar-refractivity contribution in [3.8, 4) is 0 Å². The second-order valence-corrected chi connectivity index (χ2v) is 9.06. The average Bonchev–Trinajstić information content (AvgIpc) is 2.69. The Labute approximate surface area is 172 Å². The minimum absolute atomic E-state index is 0.204. The molecule has 2 aromatic rings. The Morgan fingerprint density at radius 2 is 1.66 bits per heavy atom. The smallest absolute Gasteiger partial charge is 0.251 e. The largest absolute Gasteiger partial charge is 0.351 e. The molecule has 3 rings (SSSR count). The van der Waals surface area contributed by atoms with E-state index >= 15 is 0 Å². The zero-order valence-corrected chi connectivity index (χ0v) is 17.5. The lowest BCUT2D eigenvalue weighted by Crippen LogP contribution is -2.48. The van der Waals surface area contributed by atoms with E-state index in [1.165, 1.54) is 5.56 Å². The third-order valence-electron chi connectivity index (χ3n) is 4.86. The number of carbonyl (C=O) groups excluding carboxylic acids is 1. The molecule has 0 radical (unpaired) electrons. The predicted octanol–water partition coefficient (Wildman–Crippen LogP) is 1.61. The summed E-state index contributed by atoms with van der Waals surface area (Å²) in [5.41, 5.74) is 2.15. The van der Waals surface area contributed by atoms with E-state index in [2.05, 4.69) is 44.1 Å². The molecule has 1 amide bonds. The summed E-state index contributed by atoms with van der Waals surface area (Å²) in [6.07, 6.45) is 1.08. The highest BCUT2D eigenvalue weighted by atomic mass is 32.2. The summed E-state index contributed by atoms with van der Waals surface area (Å²) in [5.74, 6) is -0.204. The Kier molecular flexibility index (Phi) is 7.24. The van der Waals surface area contributed by atoms with Crippen LogP contribution in [0, 0.1) is 0 Å². The molecule has 0 spiro atoms. The van der Waals surface area contributed by atoms with Crippen molar-refractivity contribution in [2.75, 3.05) is 50.2 Å². The van der Waals surface area contributed by atoms with Crippen molar-refractivity contribution in [1.29, 1.82) is 0 Å². The van der Waals surface area contributed by atoms with Crippen LogP contribution in [0.4, 0.5) is 5.69 Å². The molecule has 0 aliphatic carbocycles. The highest BCUT2D eigenvalue weighted by molar-refractivity contribution is 7.92. The molecular weight excluding hydrogens is 388 g/mol. The molecule has 1 aliphatic heterocycles. The van der Waals surface area contributed by atoms with Crippen LogP contribution in [0.5, 0.6) is 0 Å². The normalized spacial score (nSPS) is 15.8. The van der Waals surface area contributed by atoms with E-state index in [1.807, 2.05) is 6.07 Å². The number of anilines is 1. The van der Waals surface area contributed by atoms with Gasteiger partial charge in [-0.1, -0.05) is 36.4 Å². The van der Waals surface area contributed by atoms with Gasteiger partial charge in [0.1, 0.15) is 0 Å². The maximum Gasteiger partial charge on any atom is 0.251 e. The van der Waals surface area contributed by atoms with Crippen molar-refractivity contribution < 1.29 is 13.2 Å². The fourth-order valence-electron chi connectivity index (χ4n) is 3.38. The van der Waals surface area contributed by atoms with Gasteiger partial charge in [0, 0.05) is 57.1 Å². The maximum atomic E-state index is 12.3. The van der Waals surface area contributed by atoms with E-state index < -0.39 is 10.0 Å². The minimum Gasteiger partial charge on any atom is -0.351 e. The van der Waals surface area contributed by atoms with Crippen LogP contribution in [0.3, 0.4) is 0 Å². The number of nitrogens with one attached hydrogen (secondary N) is 2. The van der Waals surface area contributed by atoms with Crippen LogP contribution in [0.15, 0.2) is 54.6 Å². The number of benzene rings is 2. The first-order valence-electron chi connectivity index (χ1n) is 9.74. The summed E-state index contributed by atoms with van der Waals surface area (Å²) >= 11 is 0. The molecule has 1 heterocycles. The van der Waals surface area contributed by atoms with Gasteiger partial charge in [-0.2, -0.15) is 0 Å². The third kappa shape index (κ3) is 7.16. The molecule has 29 heavy (non-hydrogen) atoms. The molecule has 0 bridgehead atoms. The SMILES string of the molecule is CS(=O)(=O)Nc1cccc(C(=O)NCCN2CCN(Cc3ccccc3)CC2)c1. The summed E-state index contributed by atoms with van der Waals surface area (Å²) in [6, 6.07) is 17.0. The van der Waals surface area contributed by atoms with Gasteiger partial charge < -0.3 is 5.32 Å². The lowest BCUT2D eigenvalue weighted by Gasteiger charge is -2.34. The summed E-state index contributed by atoms with van der Waals surface area (Å²) in [6.45, 7) is 6.33. The fraction of sp³-hybridized carbons (Fsp3) is 0.381. The van der Waals surface area contributed by atoms with Gasteiger partial charge in [0.2, 0.25) is 10.0 Å². The zero-order valence-electron chi connectivity index (χ0n) is 16.7. The fourth-order valence-corrected chi connectivity index (χ4v) is 3.94. The van der Waals surface area contributed by atoms with Gasteiger partial charge in [-0.3, -0.25) is 19.3 Å². The Hall–Kier alpha value is -2.42. The highest BCUT2D eigenvalue weighted by Gasteiger charge is 2.17. The molecule has 7 nitrogen and oxygen atoms in total. The molecule has 2 aromatic carbocycles. The average molecular weight is 417 g/mol. The molecule has 0 aromatic heterocycles. The van der Waals surface area contributed by atoms with E-state index in [4.69, 9.17) is 0 Å². The number of nitrogens with zero attached hydrogens (tertiary/aromatic N) is 2. The second-order valence-electron chi connectivity index (χ2n) is 7.31. The molecule has 0 atom stereocenters. The first-order chi connectivity index (χ1) is 13.9. The topological polar surface area (TPSA) is 81.7 Å². The summed E-state index contributed by atoms with van der Waals surface area (Å²) in [4.78, 5) is 17.1. The number of piperazine rings is 1. The Morgan fingerprint density at radius 1 is 0.966 bits per heavy atom. The van der Waals surface area contributed by atoms with E-state index in [-0.39, 0.29) is 5.91 Å². The summed E-state index contributed by atoms with van der Waals surface area (Å²) in [7, 11) is -3.37. The molecule has 2 N–H and O–H groups in total. The molecule has 0 unspecified atom stereocenters. The van der Waals surface area contributed by atoms with Crippen molar-refractivity contribution in [2.24, 2.45) is 0 Å². The van der Waals surface area contributed by atoms with E-state index in [0.717, 1.165) is 45.5 Å². The quantitative estimate of drug-likeness (QED) is 0.683. The van der Waals surface area contributed by atoms with Crippen LogP contribution >= 0.6 is 0 Å². The Balaban J connectivity index is 1.39. The summed E-state index contributed by atoms with van der Waals surface area (Å²) in [5, 5.41) is 2.92. The highest BCUT2D eigenvalue weighted by Crippen LogP contribution is 2.12. The number of amides is 1. The van der Waals surface area contributed by atoms with Crippen LogP contribution in [0.25, 0.3) is 0 Å². The van der Waals surface area contributed by atoms with Crippen molar-refractivity contribution >= 4 is 21.6 Å². The van der Waals surface area contributed by atoms with Crippen molar-refractivity contribution in [1.82, 2.24) is 15.1 Å². The van der Waals surface area contributed by atoms with Gasteiger partial charge in [0.25, 0.3) is 5.91 Å². The van der Waals surface area contributed by atoms with Crippen LogP contribution < -0.4 is 10.0 Å². The van der Waals surface area contributed by atoms with Crippen LogP contribution in [-0.2, 0) is 16.6 Å². The standard InChI is InChI=1S/C21H28N4O3S/c1-29(27,28)23-20-9-5-8-19(16-20)21(26)22-10-11-24-12-14-25(15-13-24)17-18-6-3-2-4-7-18/h2-9,16,23H,10-15,17H2,1H3,(H,22,26). The number of carbonyl (C=O) groups is 1. The molecule has 156 valence electrons. The molecule has 1 aliphatic rings. The van der Waals surface area contributed by atoms with Crippen molar-refractivity contribution in [3.05, 3.63) is 65.7 Å². The number of hydrogen-bond donors (Lipinski definition) is 2. The van der Waals surface area contributed by atoms with Gasteiger partial charge >= 0.3 is 0 Å². The Morgan fingerprint density at radius 3 is 2.34 bits per heavy atom. The van der Waals surface area contributed by atoms with E-state index in [0.29, 0.717) is 17.8 Å². The zero-order chi connectivity index (χ0) is 20.7. The predicted molar refractivity (Wildman–Crippen MR) is 115 cm³/mol. The maximum absolute atomic E-state index is 12.3. The lowest BCUT2D eigenvalue weighted by atomic mass is 10.2. The molecular formula is C21H28N4O3S. The summed E-state index contributed by atoms with van der Waals surface area (Å²) < 4.78 is 25.1. The van der Waals surface area contributed by atoms with Gasteiger partial charge in [0.15, 0.2) is 0 Å². The van der Waals surface area contributed by atoms with Gasteiger partial charge in [-0.25, -0.2) is 8.42 Å². The van der Waals surface area contributed by atoms with Gasteiger partial charge in [-0.05, 0) is 23.8 Å². The van der Waals surface area contributed by atoms with E-state index in [1.54, 1.807) is 24.3 Å². The number of rotatable bonds is 8. The van der Waals surface area contributed by atoms with Crippen LogP contribution in [0.1, 0.15) is 15.9 Å². The third-order valence-corrected chi connectivity index (χ3v) is 5.46. The molecule has 0 saturated carbocycles. The first kappa shape index (κ1) is 21.3. The number of sulfonamides is 1. The monoisotopic (exact) mass is 416 g/mol. The second kappa shape index (κ2) is 9.87. The van der Waals surface area contributed by atoms with Gasteiger partial charge in [-0.15, -0.1) is 0 Å². The van der Waals surface area contributed by atoms with Crippen molar-refractivity contribution in [3.63, 3.8) is 0 Å². The lowest BCUT2D eigenvalue weighted by molar-refractivity contribution is 0.0934. The molecule has 1 saturated heterocycles. The minimum atomic E-state index is -3.37. The van der Waals surface area contributed by atoms with Crippen LogP contribution in [-0.4, -0.2) is 69.6 Å². The number of hydrogen-bond acceptors (Lipinski definition) is 5. The molecule has 1 fully saturated rings.